The first-order valence-corrected chi connectivity index (χ1v) is 5.06. The minimum atomic E-state index is -4.63. The van der Waals surface area contributed by atoms with E-state index in [2.05, 4.69) is 0 Å². The Labute approximate surface area is 75.2 Å². The summed E-state index contributed by atoms with van der Waals surface area (Å²) in [5.41, 5.74) is 0.279. The van der Waals surface area contributed by atoms with Gasteiger partial charge in [0.05, 0.1) is 0 Å². The highest BCUT2D eigenvalue weighted by Gasteiger charge is 2.15. The van der Waals surface area contributed by atoms with Gasteiger partial charge in [0.15, 0.2) is 0 Å². The predicted octanol–water partition coefficient (Wildman–Crippen LogP) is 2.08. The maximum Gasteiger partial charge on any atom is 0.332 e. The standard InChI is InChI=1S/C7H6ClFO2S/c8-5-6-3-1-2-4-7(6)12(9,10)11/h1-4H,5H2. The van der Waals surface area contributed by atoms with E-state index in [0.29, 0.717) is 0 Å². The normalized spacial score (nSPS) is 11.5. The molecule has 0 saturated carbocycles. The van der Waals surface area contributed by atoms with Crippen LogP contribution in [0.2, 0.25) is 0 Å². The quantitative estimate of drug-likeness (QED) is 0.551. The predicted molar refractivity (Wildman–Crippen MR) is 44.3 cm³/mol. The third-order valence-corrected chi connectivity index (χ3v) is 2.59. The molecule has 0 bridgehead atoms. The van der Waals surface area contributed by atoms with Crippen LogP contribution in [0, 0.1) is 0 Å². The minimum Gasteiger partial charge on any atom is -0.189 e. The van der Waals surface area contributed by atoms with Crippen molar-refractivity contribution in [1.29, 1.82) is 0 Å². The van der Waals surface area contributed by atoms with Crippen molar-refractivity contribution in [2.45, 2.75) is 10.8 Å². The van der Waals surface area contributed by atoms with Crippen LogP contribution < -0.4 is 0 Å². The van der Waals surface area contributed by atoms with E-state index in [1.165, 1.54) is 18.2 Å². The highest BCUT2D eigenvalue weighted by molar-refractivity contribution is 7.86. The van der Waals surface area contributed by atoms with Crippen LogP contribution in [0.25, 0.3) is 0 Å². The van der Waals surface area contributed by atoms with Crippen molar-refractivity contribution in [1.82, 2.24) is 0 Å². The Hall–Kier alpha value is -0.610. The molecule has 0 heterocycles. The molecule has 0 saturated heterocycles. The summed E-state index contributed by atoms with van der Waals surface area (Å²) in [5, 5.41) is 0. The van der Waals surface area contributed by atoms with Crippen LogP contribution in [0.15, 0.2) is 29.2 Å². The molecule has 1 aromatic carbocycles. The topological polar surface area (TPSA) is 34.1 Å². The van der Waals surface area contributed by atoms with Gasteiger partial charge in [-0.15, -0.1) is 15.5 Å². The van der Waals surface area contributed by atoms with Gasteiger partial charge in [0.1, 0.15) is 4.90 Å². The molecule has 0 spiro atoms. The summed E-state index contributed by atoms with van der Waals surface area (Å²) in [6.45, 7) is 0. The largest absolute Gasteiger partial charge is 0.332 e. The lowest BCUT2D eigenvalue weighted by Gasteiger charge is -1.99. The van der Waals surface area contributed by atoms with Crippen molar-refractivity contribution < 1.29 is 12.3 Å². The summed E-state index contributed by atoms with van der Waals surface area (Å²) in [7, 11) is -4.63. The summed E-state index contributed by atoms with van der Waals surface area (Å²) in [6, 6.07) is 5.71. The van der Waals surface area contributed by atoms with Crippen molar-refractivity contribution in [2.24, 2.45) is 0 Å². The number of alkyl halides is 1. The van der Waals surface area contributed by atoms with Crippen LogP contribution in [0.4, 0.5) is 3.89 Å². The molecule has 66 valence electrons. The van der Waals surface area contributed by atoms with E-state index in [1.54, 1.807) is 6.07 Å². The maximum atomic E-state index is 12.5. The van der Waals surface area contributed by atoms with E-state index in [-0.39, 0.29) is 16.3 Å². The fourth-order valence-corrected chi connectivity index (χ4v) is 1.86. The zero-order chi connectivity index (χ0) is 9.19. The molecule has 0 unspecified atom stereocenters. The van der Waals surface area contributed by atoms with Gasteiger partial charge in [0.25, 0.3) is 0 Å². The lowest BCUT2D eigenvalue weighted by Crippen LogP contribution is -1.96. The average molecular weight is 209 g/mol. The highest BCUT2D eigenvalue weighted by Crippen LogP contribution is 2.18. The third-order valence-electron chi connectivity index (χ3n) is 1.38. The number of rotatable bonds is 2. The Kier molecular flexibility index (Phi) is 2.69. The zero-order valence-electron chi connectivity index (χ0n) is 6.00. The molecule has 0 amide bonds. The van der Waals surface area contributed by atoms with Crippen LogP contribution in [0.1, 0.15) is 5.56 Å². The summed E-state index contributed by atoms with van der Waals surface area (Å²) in [5.74, 6) is -0.0146. The van der Waals surface area contributed by atoms with Crippen molar-refractivity contribution in [3.63, 3.8) is 0 Å². The number of hydrogen-bond acceptors (Lipinski definition) is 2. The SMILES string of the molecule is O=S(=O)(F)c1ccccc1CCl. The van der Waals surface area contributed by atoms with Gasteiger partial charge in [-0.1, -0.05) is 18.2 Å². The van der Waals surface area contributed by atoms with Gasteiger partial charge in [-0.05, 0) is 11.6 Å². The average Bonchev–Trinajstić information content (AvgIpc) is 2.03. The van der Waals surface area contributed by atoms with Crippen LogP contribution >= 0.6 is 11.6 Å². The van der Waals surface area contributed by atoms with Crippen molar-refractivity contribution >= 4 is 21.8 Å². The number of halogens is 2. The van der Waals surface area contributed by atoms with E-state index in [0.717, 1.165) is 0 Å². The van der Waals surface area contributed by atoms with Crippen molar-refractivity contribution in [2.75, 3.05) is 0 Å². The molecule has 1 rings (SSSR count). The fraction of sp³-hybridized carbons (Fsp3) is 0.143. The van der Waals surface area contributed by atoms with Crippen LogP contribution in [-0.4, -0.2) is 8.42 Å². The third kappa shape index (κ3) is 1.95. The van der Waals surface area contributed by atoms with Gasteiger partial charge < -0.3 is 0 Å². The van der Waals surface area contributed by atoms with Crippen LogP contribution in [-0.2, 0) is 16.1 Å². The van der Waals surface area contributed by atoms with Crippen LogP contribution in [0.3, 0.4) is 0 Å². The molecule has 0 aromatic heterocycles. The first kappa shape index (κ1) is 9.48. The molecule has 2 nitrogen and oxygen atoms in total. The summed E-state index contributed by atoms with van der Waals surface area (Å²) in [6.07, 6.45) is 0. The molecule has 0 fully saturated rings. The number of hydrogen-bond donors (Lipinski definition) is 0. The molecular weight excluding hydrogens is 203 g/mol. The molecule has 12 heavy (non-hydrogen) atoms. The Morgan fingerprint density at radius 1 is 1.33 bits per heavy atom. The Morgan fingerprint density at radius 2 is 1.92 bits per heavy atom. The Morgan fingerprint density at radius 3 is 2.33 bits per heavy atom. The second kappa shape index (κ2) is 3.41. The molecule has 1 aromatic rings. The lowest BCUT2D eigenvalue weighted by molar-refractivity contribution is 0.551. The first-order valence-electron chi connectivity index (χ1n) is 3.14. The fourth-order valence-electron chi connectivity index (χ4n) is 0.852. The van der Waals surface area contributed by atoms with Crippen LogP contribution in [0.5, 0.6) is 0 Å². The van der Waals surface area contributed by atoms with E-state index >= 15 is 0 Å². The van der Waals surface area contributed by atoms with Gasteiger partial charge in [-0.25, -0.2) is 0 Å². The molecule has 0 N–H and O–H groups in total. The lowest BCUT2D eigenvalue weighted by atomic mass is 10.2. The number of benzene rings is 1. The van der Waals surface area contributed by atoms with E-state index in [4.69, 9.17) is 11.6 Å². The van der Waals surface area contributed by atoms with Crippen molar-refractivity contribution in [3.05, 3.63) is 29.8 Å². The maximum absolute atomic E-state index is 12.5. The molecule has 0 aliphatic heterocycles. The molecular formula is C7H6ClFO2S. The van der Waals surface area contributed by atoms with Gasteiger partial charge in [-0.3, -0.25) is 0 Å². The second-order valence-electron chi connectivity index (χ2n) is 2.18. The van der Waals surface area contributed by atoms with Gasteiger partial charge in [0.2, 0.25) is 0 Å². The molecule has 5 heteroatoms. The zero-order valence-corrected chi connectivity index (χ0v) is 7.57. The monoisotopic (exact) mass is 208 g/mol. The molecule has 0 aliphatic carbocycles. The summed E-state index contributed by atoms with van der Waals surface area (Å²) in [4.78, 5) is -0.347. The van der Waals surface area contributed by atoms with Gasteiger partial charge in [0, 0.05) is 5.88 Å². The molecule has 0 radical (unpaired) electrons. The van der Waals surface area contributed by atoms with E-state index in [9.17, 15) is 12.3 Å². The minimum absolute atomic E-state index is 0.0146. The molecule has 0 atom stereocenters. The van der Waals surface area contributed by atoms with Gasteiger partial charge in [-0.2, -0.15) is 8.42 Å². The van der Waals surface area contributed by atoms with E-state index in [1.807, 2.05) is 0 Å². The van der Waals surface area contributed by atoms with Gasteiger partial charge >= 0.3 is 10.2 Å². The Balaban J connectivity index is 3.33. The summed E-state index contributed by atoms with van der Waals surface area (Å²) < 4.78 is 33.5. The summed E-state index contributed by atoms with van der Waals surface area (Å²) >= 11 is 5.41. The second-order valence-corrected chi connectivity index (χ2v) is 3.76. The Bertz CT molecular complexity index is 375. The van der Waals surface area contributed by atoms with Crippen molar-refractivity contribution in [3.8, 4) is 0 Å². The van der Waals surface area contributed by atoms with E-state index < -0.39 is 10.2 Å². The molecule has 0 aliphatic rings. The highest BCUT2D eigenvalue weighted by atomic mass is 35.5. The smallest absolute Gasteiger partial charge is 0.189 e. The first-order chi connectivity index (χ1) is 5.55.